The third-order valence-corrected chi connectivity index (χ3v) is 6.68. The molecule has 5 nitrogen and oxygen atoms in total. The maximum atomic E-state index is 13.3. The summed E-state index contributed by atoms with van der Waals surface area (Å²) >= 11 is 1.20. The highest BCUT2D eigenvalue weighted by molar-refractivity contribution is 8.15. The van der Waals surface area contributed by atoms with Gasteiger partial charge in [-0.3, -0.25) is 9.69 Å². The number of alkyl halides is 3. The lowest BCUT2D eigenvalue weighted by Gasteiger charge is -2.17. The first kappa shape index (κ1) is 24.5. The summed E-state index contributed by atoms with van der Waals surface area (Å²) in [6, 6.07) is 20.6. The van der Waals surface area contributed by atoms with E-state index >= 15 is 0 Å². The number of rotatable bonds is 7. The van der Waals surface area contributed by atoms with Crippen LogP contribution in [0.2, 0.25) is 0 Å². The van der Waals surface area contributed by atoms with E-state index < -0.39 is 23.0 Å². The molecule has 0 aliphatic carbocycles. The first-order valence-electron chi connectivity index (χ1n) is 10.8. The van der Waals surface area contributed by atoms with E-state index in [9.17, 15) is 22.8 Å². The smallest absolute Gasteiger partial charge is 0.416 e. The lowest BCUT2D eigenvalue weighted by atomic mass is 10.1. The van der Waals surface area contributed by atoms with E-state index in [4.69, 9.17) is 5.11 Å². The van der Waals surface area contributed by atoms with Crippen LogP contribution in [0.15, 0.2) is 83.9 Å². The molecular weight excluding hydrogens is 477 g/mol. The summed E-state index contributed by atoms with van der Waals surface area (Å²) in [6.45, 7) is 0.362. The van der Waals surface area contributed by atoms with E-state index in [1.165, 1.54) is 30.0 Å². The third kappa shape index (κ3) is 6.10. The van der Waals surface area contributed by atoms with Crippen molar-refractivity contribution in [2.24, 2.45) is 4.99 Å². The van der Waals surface area contributed by atoms with Crippen LogP contribution in [0, 0.1) is 0 Å². The van der Waals surface area contributed by atoms with Gasteiger partial charge in [0.1, 0.15) is 0 Å². The van der Waals surface area contributed by atoms with Crippen LogP contribution in [0.3, 0.4) is 0 Å². The van der Waals surface area contributed by atoms with Crippen molar-refractivity contribution in [2.45, 2.75) is 24.3 Å². The second-order valence-corrected chi connectivity index (χ2v) is 9.15. The topological polar surface area (TPSA) is 70.0 Å². The van der Waals surface area contributed by atoms with Gasteiger partial charge < -0.3 is 5.11 Å². The monoisotopic (exact) mass is 498 g/mol. The van der Waals surface area contributed by atoms with Gasteiger partial charge in [0.15, 0.2) is 5.17 Å². The molecule has 4 rings (SSSR count). The van der Waals surface area contributed by atoms with Crippen molar-refractivity contribution in [1.82, 2.24) is 4.90 Å². The van der Waals surface area contributed by atoms with Crippen molar-refractivity contribution in [3.05, 3.63) is 101 Å². The van der Waals surface area contributed by atoms with Crippen molar-refractivity contribution in [3.63, 3.8) is 0 Å². The Hall–Kier alpha value is -3.59. The Morgan fingerprint density at radius 1 is 0.971 bits per heavy atom. The molecular formula is C26H21F3N2O3S. The third-order valence-electron chi connectivity index (χ3n) is 5.50. The zero-order valence-corrected chi connectivity index (χ0v) is 19.2. The number of halogens is 3. The van der Waals surface area contributed by atoms with Crippen LogP contribution in [0.1, 0.15) is 27.0 Å². The minimum Gasteiger partial charge on any atom is -0.478 e. The molecule has 1 atom stereocenters. The lowest BCUT2D eigenvalue weighted by molar-refractivity contribution is -0.137. The molecule has 1 saturated heterocycles. The number of aromatic carboxylic acids is 1. The standard InChI is InChI=1S/C26H21F3N2O3S/c27-26(28,29)20-8-4-7-18(15-20)16-22-23(32)31(14-13-17-5-2-1-3-6-17)25(35-22)30-21-11-9-19(10-12-21)24(33)34/h1-12,15,22H,13-14,16H2,(H,33,34). The number of carboxylic acid groups (broad SMARTS) is 1. The number of nitrogens with zero attached hydrogens (tertiary/aromatic N) is 2. The molecule has 1 amide bonds. The lowest BCUT2D eigenvalue weighted by Crippen LogP contribution is -2.34. The van der Waals surface area contributed by atoms with Crippen LogP contribution in [0.4, 0.5) is 18.9 Å². The molecule has 0 spiro atoms. The summed E-state index contributed by atoms with van der Waals surface area (Å²) in [7, 11) is 0. The number of carbonyl (C=O) groups is 2. The maximum Gasteiger partial charge on any atom is 0.416 e. The number of hydrogen-bond donors (Lipinski definition) is 1. The molecule has 35 heavy (non-hydrogen) atoms. The SMILES string of the molecule is O=C(O)c1ccc(N=C2SC(Cc3cccc(C(F)(F)F)c3)C(=O)N2CCc2ccccc2)cc1. The molecule has 9 heteroatoms. The van der Waals surface area contributed by atoms with Gasteiger partial charge in [-0.15, -0.1) is 0 Å². The fourth-order valence-electron chi connectivity index (χ4n) is 3.69. The maximum absolute atomic E-state index is 13.3. The molecule has 1 unspecified atom stereocenters. The van der Waals surface area contributed by atoms with Crippen LogP contribution < -0.4 is 0 Å². The highest BCUT2D eigenvalue weighted by Gasteiger charge is 2.38. The molecule has 1 heterocycles. The number of carbonyl (C=O) groups excluding carboxylic acids is 1. The van der Waals surface area contributed by atoms with Crippen LogP contribution in [0.25, 0.3) is 0 Å². The molecule has 0 saturated carbocycles. The molecule has 0 bridgehead atoms. The van der Waals surface area contributed by atoms with Gasteiger partial charge >= 0.3 is 12.1 Å². The molecule has 1 fully saturated rings. The summed E-state index contributed by atoms with van der Waals surface area (Å²) in [6.07, 6.45) is -3.74. The Kier molecular flexibility index (Phi) is 7.25. The van der Waals surface area contributed by atoms with Crippen LogP contribution in [-0.2, 0) is 23.8 Å². The number of thioether (sulfide) groups is 1. The van der Waals surface area contributed by atoms with Gasteiger partial charge in [-0.25, -0.2) is 9.79 Å². The summed E-state index contributed by atoms with van der Waals surface area (Å²) in [5, 5.41) is 8.91. The highest BCUT2D eigenvalue weighted by Crippen LogP contribution is 2.34. The van der Waals surface area contributed by atoms with E-state index in [0.717, 1.165) is 17.7 Å². The summed E-state index contributed by atoms with van der Waals surface area (Å²) in [5.41, 5.74) is 1.30. The number of benzene rings is 3. The van der Waals surface area contributed by atoms with Gasteiger partial charge in [-0.2, -0.15) is 13.2 Å². The predicted octanol–water partition coefficient (Wildman–Crippen LogP) is 5.82. The van der Waals surface area contributed by atoms with Crippen LogP contribution >= 0.6 is 11.8 Å². The van der Waals surface area contributed by atoms with Gasteiger partial charge in [0, 0.05) is 6.54 Å². The number of aliphatic imine (C=N–C) groups is 1. The van der Waals surface area contributed by atoms with Crippen molar-refractivity contribution in [3.8, 4) is 0 Å². The highest BCUT2D eigenvalue weighted by atomic mass is 32.2. The van der Waals surface area contributed by atoms with Gasteiger partial charge in [0.25, 0.3) is 0 Å². The number of hydrogen-bond acceptors (Lipinski definition) is 4. The van der Waals surface area contributed by atoms with Crippen molar-refractivity contribution in [2.75, 3.05) is 6.54 Å². The van der Waals surface area contributed by atoms with Crippen molar-refractivity contribution >= 4 is 34.5 Å². The average molecular weight is 499 g/mol. The fraction of sp³-hybridized carbons (Fsp3) is 0.192. The van der Waals surface area contributed by atoms with Crippen LogP contribution in [-0.4, -0.2) is 38.8 Å². The van der Waals surface area contributed by atoms with Crippen molar-refractivity contribution in [1.29, 1.82) is 0 Å². The normalized spacial score (nSPS) is 17.2. The van der Waals surface area contributed by atoms with Crippen molar-refractivity contribution < 1.29 is 27.9 Å². The quantitative estimate of drug-likeness (QED) is 0.446. The predicted molar refractivity (Wildman–Crippen MR) is 129 cm³/mol. The number of amides is 1. The zero-order valence-electron chi connectivity index (χ0n) is 18.4. The molecule has 3 aromatic rings. The van der Waals surface area contributed by atoms with Gasteiger partial charge in [-0.05, 0) is 54.3 Å². The zero-order chi connectivity index (χ0) is 25.0. The fourth-order valence-corrected chi connectivity index (χ4v) is 4.92. The Morgan fingerprint density at radius 2 is 1.66 bits per heavy atom. The minimum atomic E-state index is -4.46. The minimum absolute atomic E-state index is 0.118. The molecule has 180 valence electrons. The Bertz CT molecular complexity index is 1240. The van der Waals surface area contributed by atoms with E-state index in [2.05, 4.69) is 4.99 Å². The molecule has 0 aromatic heterocycles. The average Bonchev–Trinajstić information content (AvgIpc) is 3.12. The Labute approximate surface area is 204 Å². The Balaban J connectivity index is 1.58. The number of amidine groups is 1. The second-order valence-electron chi connectivity index (χ2n) is 7.98. The summed E-state index contributed by atoms with van der Waals surface area (Å²) in [4.78, 5) is 30.5. The second kappa shape index (κ2) is 10.4. The molecule has 0 radical (unpaired) electrons. The largest absolute Gasteiger partial charge is 0.478 e. The molecule has 1 aliphatic rings. The van der Waals surface area contributed by atoms with E-state index in [-0.39, 0.29) is 17.9 Å². The van der Waals surface area contributed by atoms with E-state index in [1.54, 1.807) is 23.1 Å². The van der Waals surface area contributed by atoms with E-state index in [1.807, 2.05) is 30.3 Å². The van der Waals surface area contributed by atoms with Gasteiger partial charge in [-0.1, -0.05) is 60.3 Å². The summed E-state index contributed by atoms with van der Waals surface area (Å²) in [5.74, 6) is -1.27. The van der Waals surface area contributed by atoms with Gasteiger partial charge in [0.05, 0.1) is 22.1 Å². The summed E-state index contributed by atoms with van der Waals surface area (Å²) < 4.78 is 39.4. The Morgan fingerprint density at radius 3 is 2.31 bits per heavy atom. The first-order chi connectivity index (χ1) is 16.7. The number of carboxylic acids is 1. The molecule has 3 aromatic carbocycles. The van der Waals surface area contributed by atoms with E-state index in [0.29, 0.717) is 29.4 Å². The molecule has 1 aliphatic heterocycles. The molecule has 1 N–H and O–H groups in total. The van der Waals surface area contributed by atoms with Gasteiger partial charge in [0.2, 0.25) is 5.91 Å². The first-order valence-corrected chi connectivity index (χ1v) is 11.7. The van der Waals surface area contributed by atoms with Crippen LogP contribution in [0.5, 0.6) is 0 Å².